The number of alkyl carbamates (subject to hydrolysis) is 1. The van der Waals surface area contributed by atoms with Gasteiger partial charge in [0, 0.05) is 31.6 Å². The maximum absolute atomic E-state index is 12.0. The Morgan fingerprint density at radius 1 is 1.35 bits per heavy atom. The first-order chi connectivity index (χ1) is 12.8. The lowest BCUT2D eigenvalue weighted by Gasteiger charge is -2.35. The Morgan fingerprint density at radius 3 is 3.19 bits per heavy atom. The maximum Gasteiger partial charge on any atom is 0.407 e. The summed E-state index contributed by atoms with van der Waals surface area (Å²) in [6.07, 6.45) is 7.75. The van der Waals surface area contributed by atoms with Crippen LogP contribution < -0.4 is 5.32 Å². The van der Waals surface area contributed by atoms with E-state index in [2.05, 4.69) is 21.4 Å². The molecule has 1 N–H and O–H groups in total. The minimum atomic E-state index is -0.330. The molecule has 2 aromatic rings. The standard InChI is InChI=1S/C19H26N4O3/c24-19(21-16-7-11-25-13-16)26-14-17-5-1-2-9-22(17)12-15-4-3-10-23-18(15)6-8-20-23/h3-4,6,8,10,16-17H,1-2,5,7,9,11-14H2,(H,21,24). The van der Waals surface area contributed by atoms with Crippen molar-refractivity contribution in [2.45, 2.75) is 44.3 Å². The number of likely N-dealkylation sites (tertiary alicyclic amines) is 1. The summed E-state index contributed by atoms with van der Waals surface area (Å²) in [4.78, 5) is 14.5. The van der Waals surface area contributed by atoms with Crippen molar-refractivity contribution in [3.8, 4) is 0 Å². The highest BCUT2D eigenvalue weighted by atomic mass is 16.6. The second kappa shape index (κ2) is 8.05. The topological polar surface area (TPSA) is 68.1 Å². The summed E-state index contributed by atoms with van der Waals surface area (Å²) < 4.78 is 12.7. The van der Waals surface area contributed by atoms with E-state index in [4.69, 9.17) is 9.47 Å². The predicted octanol–water partition coefficient (Wildman–Crippen LogP) is 2.20. The van der Waals surface area contributed by atoms with Crippen molar-refractivity contribution in [1.82, 2.24) is 19.8 Å². The van der Waals surface area contributed by atoms with E-state index in [0.29, 0.717) is 19.8 Å². The lowest BCUT2D eigenvalue weighted by Crippen LogP contribution is -2.44. The minimum absolute atomic E-state index is 0.0874. The molecule has 0 bridgehead atoms. The van der Waals surface area contributed by atoms with Gasteiger partial charge < -0.3 is 14.8 Å². The molecule has 0 aromatic carbocycles. The van der Waals surface area contributed by atoms with Gasteiger partial charge in [0.05, 0.1) is 18.2 Å². The molecule has 0 radical (unpaired) electrons. The Hall–Kier alpha value is -2.12. The van der Waals surface area contributed by atoms with Gasteiger partial charge in [0.15, 0.2) is 0 Å². The van der Waals surface area contributed by atoms with E-state index < -0.39 is 0 Å². The Morgan fingerprint density at radius 2 is 2.31 bits per heavy atom. The molecule has 26 heavy (non-hydrogen) atoms. The van der Waals surface area contributed by atoms with E-state index in [-0.39, 0.29) is 18.2 Å². The fraction of sp³-hybridized carbons (Fsp3) is 0.579. The SMILES string of the molecule is O=C(NC1CCOC1)OCC1CCCCN1Cc1cccn2nccc12. The van der Waals surface area contributed by atoms with E-state index in [0.717, 1.165) is 31.4 Å². The number of carbonyl (C=O) groups excluding carboxylic acids is 1. The zero-order chi connectivity index (χ0) is 17.8. The summed E-state index contributed by atoms with van der Waals surface area (Å²) in [5.74, 6) is 0. The third-order valence-electron chi connectivity index (χ3n) is 5.30. The number of carbonyl (C=O) groups is 1. The van der Waals surface area contributed by atoms with Crippen LogP contribution in [-0.2, 0) is 16.0 Å². The van der Waals surface area contributed by atoms with Crippen LogP contribution >= 0.6 is 0 Å². The van der Waals surface area contributed by atoms with Crippen molar-refractivity contribution in [2.24, 2.45) is 0 Å². The molecule has 2 aliphatic rings. The number of rotatable bonds is 5. The number of fused-ring (bicyclic) bond motifs is 1. The van der Waals surface area contributed by atoms with Gasteiger partial charge in [-0.15, -0.1) is 0 Å². The zero-order valence-electron chi connectivity index (χ0n) is 15.0. The van der Waals surface area contributed by atoms with Crippen LogP contribution in [0.25, 0.3) is 5.52 Å². The van der Waals surface area contributed by atoms with Gasteiger partial charge in [0.1, 0.15) is 6.61 Å². The second-order valence-corrected chi connectivity index (χ2v) is 7.12. The first kappa shape index (κ1) is 17.3. The van der Waals surface area contributed by atoms with E-state index >= 15 is 0 Å². The number of piperidine rings is 1. The van der Waals surface area contributed by atoms with Gasteiger partial charge in [-0.25, -0.2) is 9.31 Å². The molecule has 2 fully saturated rings. The third kappa shape index (κ3) is 3.99. The molecule has 2 aromatic heterocycles. The summed E-state index contributed by atoms with van der Waals surface area (Å²) in [7, 11) is 0. The van der Waals surface area contributed by atoms with Crippen molar-refractivity contribution in [1.29, 1.82) is 0 Å². The molecule has 140 valence electrons. The number of amides is 1. The van der Waals surface area contributed by atoms with Crippen LogP contribution in [0.4, 0.5) is 4.79 Å². The maximum atomic E-state index is 12.0. The van der Waals surface area contributed by atoms with E-state index in [1.54, 1.807) is 0 Å². The number of nitrogens with one attached hydrogen (secondary N) is 1. The van der Waals surface area contributed by atoms with Crippen LogP contribution in [0.3, 0.4) is 0 Å². The number of hydrogen-bond donors (Lipinski definition) is 1. The molecule has 4 rings (SSSR count). The average Bonchev–Trinajstić information content (AvgIpc) is 3.33. The summed E-state index contributed by atoms with van der Waals surface area (Å²) >= 11 is 0. The van der Waals surface area contributed by atoms with Crippen molar-refractivity contribution in [3.63, 3.8) is 0 Å². The van der Waals surface area contributed by atoms with Crippen molar-refractivity contribution < 1.29 is 14.3 Å². The average molecular weight is 358 g/mol. The van der Waals surface area contributed by atoms with Crippen molar-refractivity contribution in [3.05, 3.63) is 36.2 Å². The summed E-state index contributed by atoms with van der Waals surface area (Å²) in [6.45, 7) is 3.60. The normalized spacial score (nSPS) is 24.0. The quantitative estimate of drug-likeness (QED) is 0.887. The van der Waals surface area contributed by atoms with Crippen molar-refractivity contribution in [2.75, 3.05) is 26.4 Å². The largest absolute Gasteiger partial charge is 0.448 e. The molecule has 4 heterocycles. The fourth-order valence-corrected chi connectivity index (χ4v) is 3.85. The molecule has 7 heteroatoms. The lowest BCUT2D eigenvalue weighted by molar-refractivity contribution is 0.0625. The first-order valence-corrected chi connectivity index (χ1v) is 9.46. The van der Waals surface area contributed by atoms with Crippen LogP contribution in [0, 0.1) is 0 Å². The Bertz CT molecular complexity index is 741. The third-order valence-corrected chi connectivity index (χ3v) is 5.30. The fourth-order valence-electron chi connectivity index (χ4n) is 3.85. The molecule has 2 unspecified atom stereocenters. The first-order valence-electron chi connectivity index (χ1n) is 9.46. The number of ether oxygens (including phenoxy) is 2. The van der Waals surface area contributed by atoms with Gasteiger partial charge in [-0.3, -0.25) is 4.90 Å². The molecule has 0 spiro atoms. The van der Waals surface area contributed by atoms with Crippen LogP contribution in [0.2, 0.25) is 0 Å². The second-order valence-electron chi connectivity index (χ2n) is 7.12. The van der Waals surface area contributed by atoms with Crippen LogP contribution in [0.1, 0.15) is 31.2 Å². The summed E-state index contributed by atoms with van der Waals surface area (Å²) in [6, 6.07) is 6.57. The number of nitrogens with zero attached hydrogens (tertiary/aromatic N) is 3. The minimum Gasteiger partial charge on any atom is -0.448 e. The lowest BCUT2D eigenvalue weighted by atomic mass is 10.0. The molecule has 2 saturated heterocycles. The highest BCUT2D eigenvalue weighted by Crippen LogP contribution is 2.22. The van der Waals surface area contributed by atoms with E-state index in [1.165, 1.54) is 18.4 Å². The van der Waals surface area contributed by atoms with Crippen LogP contribution in [0.15, 0.2) is 30.6 Å². The van der Waals surface area contributed by atoms with Gasteiger partial charge in [-0.1, -0.05) is 12.5 Å². The molecule has 0 aliphatic carbocycles. The number of pyridine rings is 1. The molecular weight excluding hydrogens is 332 g/mol. The number of hydrogen-bond acceptors (Lipinski definition) is 5. The van der Waals surface area contributed by atoms with Crippen LogP contribution in [0.5, 0.6) is 0 Å². The predicted molar refractivity (Wildman–Crippen MR) is 96.9 cm³/mol. The molecular formula is C19H26N4O3. The van der Waals surface area contributed by atoms with Gasteiger partial charge in [0.25, 0.3) is 0 Å². The molecule has 0 saturated carbocycles. The van der Waals surface area contributed by atoms with Gasteiger partial charge in [-0.2, -0.15) is 5.10 Å². The highest BCUT2D eigenvalue weighted by molar-refractivity contribution is 5.67. The summed E-state index contributed by atoms with van der Waals surface area (Å²) in [5, 5.41) is 7.20. The van der Waals surface area contributed by atoms with Gasteiger partial charge in [0.2, 0.25) is 0 Å². The zero-order valence-corrected chi connectivity index (χ0v) is 15.0. The monoisotopic (exact) mass is 358 g/mol. The van der Waals surface area contributed by atoms with E-state index in [9.17, 15) is 4.79 Å². The molecule has 1 amide bonds. The smallest absolute Gasteiger partial charge is 0.407 e. The number of aromatic nitrogens is 2. The van der Waals surface area contributed by atoms with Crippen LogP contribution in [-0.4, -0.2) is 59.1 Å². The Labute approximate surface area is 153 Å². The van der Waals surface area contributed by atoms with E-state index in [1.807, 2.05) is 29.0 Å². The molecule has 2 atom stereocenters. The van der Waals surface area contributed by atoms with Crippen molar-refractivity contribution >= 4 is 11.6 Å². The van der Waals surface area contributed by atoms with Gasteiger partial charge in [-0.05, 0) is 43.5 Å². The highest BCUT2D eigenvalue weighted by Gasteiger charge is 2.25. The van der Waals surface area contributed by atoms with Gasteiger partial charge >= 0.3 is 6.09 Å². The molecule has 7 nitrogen and oxygen atoms in total. The Balaban J connectivity index is 1.35. The molecule has 2 aliphatic heterocycles. The Kier molecular flexibility index (Phi) is 5.36. The summed E-state index contributed by atoms with van der Waals surface area (Å²) in [5.41, 5.74) is 2.39.